The van der Waals surface area contributed by atoms with Gasteiger partial charge in [0.05, 0.1) is 10.9 Å². The van der Waals surface area contributed by atoms with Crippen molar-refractivity contribution in [1.82, 2.24) is 19.7 Å². The maximum absolute atomic E-state index is 12.6. The molecular weight excluding hydrogens is 402 g/mol. The highest BCUT2D eigenvalue weighted by Crippen LogP contribution is 2.27. The Morgan fingerprint density at radius 3 is 2.93 bits per heavy atom. The summed E-state index contributed by atoms with van der Waals surface area (Å²) in [6.45, 7) is 0.182. The number of para-hydroxylation sites is 1. The Hall–Kier alpha value is -2.69. The topological polar surface area (TPSA) is 92.7 Å². The first-order chi connectivity index (χ1) is 13.1. The normalized spacial score (nSPS) is 11.0. The van der Waals surface area contributed by atoms with Gasteiger partial charge in [0, 0.05) is 23.9 Å². The molecule has 27 heavy (non-hydrogen) atoms. The Morgan fingerprint density at radius 2 is 2.11 bits per heavy atom. The number of rotatable bonds is 5. The van der Waals surface area contributed by atoms with Crippen LogP contribution in [0.15, 0.2) is 45.9 Å². The second-order valence-corrected chi connectivity index (χ2v) is 7.80. The van der Waals surface area contributed by atoms with Crippen molar-refractivity contribution in [2.24, 2.45) is 0 Å². The van der Waals surface area contributed by atoms with Gasteiger partial charge in [-0.15, -0.1) is 10.2 Å². The van der Waals surface area contributed by atoms with Crippen molar-refractivity contribution in [2.75, 3.05) is 5.32 Å². The number of anilines is 1. The zero-order valence-electron chi connectivity index (χ0n) is 13.8. The average molecular weight is 416 g/mol. The number of carbonyl (C=O) groups is 1. The number of aromatic amines is 1. The molecule has 0 aliphatic rings. The van der Waals surface area contributed by atoms with Gasteiger partial charge in [0.15, 0.2) is 4.77 Å². The Kier molecular flexibility index (Phi) is 4.92. The van der Waals surface area contributed by atoms with Gasteiger partial charge in [-0.1, -0.05) is 23.5 Å². The number of nitrogens with one attached hydrogen (secondary N) is 2. The number of thiophene rings is 1. The summed E-state index contributed by atoms with van der Waals surface area (Å²) >= 11 is 8.13. The van der Waals surface area contributed by atoms with Crippen molar-refractivity contribution >= 4 is 56.8 Å². The summed E-state index contributed by atoms with van der Waals surface area (Å²) in [4.78, 5) is 27.8. The maximum Gasteiger partial charge on any atom is 0.262 e. The third-order valence-corrected chi connectivity index (χ3v) is 5.78. The summed E-state index contributed by atoms with van der Waals surface area (Å²) < 4.78 is 1.69. The van der Waals surface area contributed by atoms with Gasteiger partial charge in [-0.25, -0.2) is 0 Å². The van der Waals surface area contributed by atoms with Gasteiger partial charge in [-0.05, 0) is 35.8 Å². The third-order valence-electron chi connectivity index (χ3n) is 3.89. The molecule has 1 aromatic carbocycles. The molecule has 3 heterocycles. The van der Waals surface area contributed by atoms with Crippen LogP contribution in [0.5, 0.6) is 0 Å². The van der Waals surface area contributed by atoms with Crippen molar-refractivity contribution in [3.05, 3.63) is 56.2 Å². The summed E-state index contributed by atoms with van der Waals surface area (Å²) in [6.07, 6.45) is 0.100. The van der Waals surface area contributed by atoms with E-state index in [1.807, 2.05) is 22.9 Å². The second-order valence-electron chi connectivity index (χ2n) is 5.66. The fraction of sp³-hybridized carbons (Fsp3) is 0.118. The van der Waals surface area contributed by atoms with E-state index in [-0.39, 0.29) is 24.4 Å². The van der Waals surface area contributed by atoms with E-state index in [2.05, 4.69) is 20.5 Å². The highest BCUT2D eigenvalue weighted by atomic mass is 32.1. The van der Waals surface area contributed by atoms with E-state index in [9.17, 15) is 9.59 Å². The number of benzene rings is 1. The number of hydrogen-bond acceptors (Lipinski definition) is 7. The van der Waals surface area contributed by atoms with Gasteiger partial charge in [0.1, 0.15) is 5.01 Å². The monoisotopic (exact) mass is 415 g/mol. The molecule has 0 atom stereocenters. The van der Waals surface area contributed by atoms with E-state index in [1.165, 1.54) is 15.9 Å². The Labute approximate surface area is 166 Å². The molecule has 0 saturated carbocycles. The fourth-order valence-electron chi connectivity index (χ4n) is 2.57. The highest BCUT2D eigenvalue weighted by molar-refractivity contribution is 7.71. The van der Waals surface area contributed by atoms with Gasteiger partial charge in [0.2, 0.25) is 11.0 Å². The van der Waals surface area contributed by atoms with Crippen LogP contribution in [-0.4, -0.2) is 25.7 Å². The van der Waals surface area contributed by atoms with Gasteiger partial charge >= 0.3 is 0 Å². The Morgan fingerprint density at radius 1 is 1.26 bits per heavy atom. The van der Waals surface area contributed by atoms with E-state index in [1.54, 1.807) is 29.5 Å². The van der Waals surface area contributed by atoms with Crippen LogP contribution < -0.4 is 10.9 Å². The van der Waals surface area contributed by atoms with Crippen LogP contribution in [0.25, 0.3) is 21.5 Å². The molecule has 0 aliphatic carbocycles. The molecule has 0 saturated heterocycles. The molecule has 1 amide bonds. The number of carbonyl (C=O) groups excluding carboxylic acids is 1. The van der Waals surface area contributed by atoms with E-state index in [0.717, 1.165) is 10.6 Å². The molecule has 3 aromatic heterocycles. The summed E-state index contributed by atoms with van der Waals surface area (Å²) in [7, 11) is 0. The molecule has 4 rings (SSSR count). The van der Waals surface area contributed by atoms with Crippen LogP contribution in [-0.2, 0) is 11.3 Å². The van der Waals surface area contributed by atoms with E-state index >= 15 is 0 Å². The lowest BCUT2D eigenvalue weighted by Gasteiger charge is -2.07. The first-order valence-electron chi connectivity index (χ1n) is 7.99. The molecule has 0 fully saturated rings. The van der Waals surface area contributed by atoms with Crippen molar-refractivity contribution < 1.29 is 4.79 Å². The smallest absolute Gasteiger partial charge is 0.262 e. The molecular formula is C17H13N5O2S3. The molecule has 136 valence electrons. The van der Waals surface area contributed by atoms with Gasteiger partial charge < -0.3 is 10.3 Å². The van der Waals surface area contributed by atoms with Crippen molar-refractivity contribution in [2.45, 2.75) is 13.0 Å². The molecule has 0 spiro atoms. The van der Waals surface area contributed by atoms with Crippen LogP contribution in [0.3, 0.4) is 0 Å². The van der Waals surface area contributed by atoms with Gasteiger partial charge in [-0.2, -0.15) is 11.3 Å². The Balaban J connectivity index is 1.46. The largest absolute Gasteiger partial charge is 0.332 e. The summed E-state index contributed by atoms with van der Waals surface area (Å²) in [6, 6.07) is 9.09. The van der Waals surface area contributed by atoms with Crippen LogP contribution in [0.4, 0.5) is 5.13 Å². The minimum absolute atomic E-state index is 0.100. The fourth-order valence-corrected chi connectivity index (χ4v) is 4.33. The number of hydrogen-bond donors (Lipinski definition) is 2. The minimum atomic E-state index is -0.252. The lowest BCUT2D eigenvalue weighted by atomic mass is 10.2. The van der Waals surface area contributed by atoms with Crippen LogP contribution in [0, 0.1) is 4.77 Å². The first kappa shape index (κ1) is 17.7. The van der Waals surface area contributed by atoms with Crippen LogP contribution in [0.1, 0.15) is 6.42 Å². The number of amides is 1. The predicted molar refractivity (Wildman–Crippen MR) is 110 cm³/mol. The number of H-pyrrole nitrogens is 1. The molecule has 10 heteroatoms. The molecule has 7 nitrogen and oxygen atoms in total. The molecule has 0 bridgehead atoms. The molecule has 0 radical (unpaired) electrons. The predicted octanol–water partition coefficient (Wildman–Crippen LogP) is 3.67. The first-order valence-corrected chi connectivity index (χ1v) is 10.2. The van der Waals surface area contributed by atoms with E-state index in [4.69, 9.17) is 12.2 Å². The SMILES string of the molecule is O=C(CCn1c(=S)[nH]c2ccccc2c1=O)Nc1nnc(-c2ccsc2)s1. The standard InChI is InChI=1S/C17H13N5O2S3/c23-13(19-16-21-20-14(27-16)10-6-8-26-9-10)5-7-22-15(24)11-3-1-2-4-12(11)18-17(22)25/h1-4,6,8-9H,5,7H2,(H,18,25)(H,19,21,23). The van der Waals surface area contributed by atoms with Crippen LogP contribution in [0.2, 0.25) is 0 Å². The molecule has 0 aliphatic heterocycles. The molecule has 0 unspecified atom stereocenters. The summed E-state index contributed by atoms with van der Waals surface area (Å²) in [5.74, 6) is -0.252. The van der Waals surface area contributed by atoms with E-state index < -0.39 is 0 Å². The zero-order chi connectivity index (χ0) is 18.8. The van der Waals surface area contributed by atoms with Crippen molar-refractivity contribution in [3.8, 4) is 10.6 Å². The maximum atomic E-state index is 12.6. The zero-order valence-corrected chi connectivity index (χ0v) is 16.3. The van der Waals surface area contributed by atoms with Gasteiger partial charge in [0.25, 0.3) is 5.56 Å². The number of fused-ring (bicyclic) bond motifs is 1. The molecule has 4 aromatic rings. The van der Waals surface area contributed by atoms with Crippen molar-refractivity contribution in [3.63, 3.8) is 0 Å². The lowest BCUT2D eigenvalue weighted by molar-refractivity contribution is -0.116. The highest BCUT2D eigenvalue weighted by Gasteiger charge is 2.11. The second kappa shape index (κ2) is 7.51. The van der Waals surface area contributed by atoms with Crippen molar-refractivity contribution in [1.29, 1.82) is 0 Å². The molecule has 2 N–H and O–H groups in total. The third kappa shape index (κ3) is 3.72. The minimum Gasteiger partial charge on any atom is -0.332 e. The lowest BCUT2D eigenvalue weighted by Crippen LogP contribution is -2.25. The van der Waals surface area contributed by atoms with E-state index in [0.29, 0.717) is 20.8 Å². The average Bonchev–Trinajstić information content (AvgIpc) is 3.33. The Bertz CT molecular complexity index is 1220. The summed E-state index contributed by atoms with van der Waals surface area (Å²) in [5, 5.41) is 16.4. The summed E-state index contributed by atoms with van der Waals surface area (Å²) in [5.41, 5.74) is 1.45. The number of aromatic nitrogens is 4. The van der Waals surface area contributed by atoms with Gasteiger partial charge in [-0.3, -0.25) is 14.2 Å². The van der Waals surface area contributed by atoms with Crippen LogP contribution >= 0.6 is 34.9 Å². The number of nitrogens with zero attached hydrogens (tertiary/aromatic N) is 3. The quantitative estimate of drug-likeness (QED) is 0.485.